The van der Waals surface area contributed by atoms with E-state index in [1.54, 1.807) is 4.90 Å². The van der Waals surface area contributed by atoms with Crippen molar-refractivity contribution in [3.63, 3.8) is 0 Å². The first-order valence-electron chi connectivity index (χ1n) is 11.4. The third kappa shape index (κ3) is 4.00. The minimum Gasteiger partial charge on any atom is -0.381 e. The Bertz CT molecular complexity index is 1040. The van der Waals surface area contributed by atoms with Crippen molar-refractivity contribution in [2.24, 2.45) is 0 Å². The molecule has 3 heterocycles. The number of hydrogen-bond donors (Lipinski definition) is 3. The Hall–Kier alpha value is -3.19. The lowest BCUT2D eigenvalue weighted by molar-refractivity contribution is -0.136. The van der Waals surface area contributed by atoms with Crippen molar-refractivity contribution in [1.29, 1.82) is 0 Å². The quantitative estimate of drug-likeness (QED) is 0.632. The van der Waals surface area contributed by atoms with E-state index in [1.165, 1.54) is 18.4 Å². The van der Waals surface area contributed by atoms with Crippen LogP contribution in [0.2, 0.25) is 0 Å². The van der Waals surface area contributed by atoms with Crippen LogP contribution in [0.5, 0.6) is 0 Å². The lowest BCUT2D eigenvalue weighted by Crippen LogP contribution is -2.52. The fourth-order valence-corrected chi connectivity index (χ4v) is 5.06. The molecule has 2 saturated heterocycles. The molecule has 1 unspecified atom stereocenters. The highest BCUT2D eigenvalue weighted by atomic mass is 16.2. The molecule has 0 radical (unpaired) electrons. The molecule has 32 heavy (non-hydrogen) atoms. The number of nitrogens with one attached hydrogen (secondary N) is 3. The van der Waals surface area contributed by atoms with E-state index < -0.39 is 6.04 Å². The minimum atomic E-state index is -0.587. The zero-order valence-corrected chi connectivity index (χ0v) is 18.0. The molecule has 7 heteroatoms. The molecule has 2 aromatic carbocycles. The molecule has 2 aromatic rings. The maximum absolute atomic E-state index is 13.2. The van der Waals surface area contributed by atoms with Gasteiger partial charge in [0.05, 0.1) is 0 Å². The van der Waals surface area contributed by atoms with Crippen LogP contribution in [0.25, 0.3) is 0 Å². The number of amides is 3. The number of nitrogens with zero attached hydrogens (tertiary/aromatic N) is 1. The molecule has 0 spiro atoms. The number of piperidine rings is 2. The lowest BCUT2D eigenvalue weighted by atomic mass is 9.90. The van der Waals surface area contributed by atoms with E-state index in [4.69, 9.17) is 0 Å². The van der Waals surface area contributed by atoms with Gasteiger partial charge < -0.3 is 15.5 Å². The summed E-state index contributed by atoms with van der Waals surface area (Å²) < 4.78 is 0. The van der Waals surface area contributed by atoms with E-state index in [0.29, 0.717) is 31.0 Å². The van der Waals surface area contributed by atoms with Gasteiger partial charge in [0.15, 0.2) is 0 Å². The van der Waals surface area contributed by atoms with Crippen LogP contribution in [0.4, 0.5) is 5.69 Å². The fourth-order valence-electron chi connectivity index (χ4n) is 5.06. The van der Waals surface area contributed by atoms with Crippen LogP contribution in [0, 0.1) is 0 Å². The molecule has 1 atom stereocenters. The van der Waals surface area contributed by atoms with Crippen molar-refractivity contribution in [2.75, 3.05) is 18.4 Å². The third-order valence-electron chi connectivity index (χ3n) is 6.84. The summed E-state index contributed by atoms with van der Waals surface area (Å²) >= 11 is 0. The van der Waals surface area contributed by atoms with Crippen molar-refractivity contribution < 1.29 is 14.4 Å². The van der Waals surface area contributed by atoms with Crippen molar-refractivity contribution in [1.82, 2.24) is 15.5 Å². The standard InChI is InChI=1S/C25H28N4O3/c30-22-9-8-21(24(31)28-22)29-15-19-3-1-2-18(23(19)25(29)32)14-27-20-6-4-16(5-7-20)17-10-12-26-13-11-17/h1-7,17,21,26-27H,8-15H2,(H,28,30,31). The average molecular weight is 433 g/mol. The first-order chi connectivity index (χ1) is 15.6. The summed E-state index contributed by atoms with van der Waals surface area (Å²) in [5.41, 5.74) is 4.93. The van der Waals surface area contributed by atoms with Gasteiger partial charge in [-0.05, 0) is 67.1 Å². The third-order valence-corrected chi connectivity index (χ3v) is 6.84. The van der Waals surface area contributed by atoms with Gasteiger partial charge in [0, 0.05) is 30.8 Å². The first kappa shape index (κ1) is 20.7. The molecule has 0 bridgehead atoms. The van der Waals surface area contributed by atoms with Crippen LogP contribution in [-0.4, -0.2) is 41.8 Å². The molecule has 2 fully saturated rings. The number of rotatable bonds is 5. The van der Waals surface area contributed by atoms with Crippen LogP contribution in [-0.2, 0) is 22.7 Å². The molecule has 3 aliphatic rings. The monoisotopic (exact) mass is 432 g/mol. The van der Waals surface area contributed by atoms with Gasteiger partial charge in [-0.25, -0.2) is 0 Å². The largest absolute Gasteiger partial charge is 0.381 e. The summed E-state index contributed by atoms with van der Waals surface area (Å²) in [4.78, 5) is 38.6. The number of carbonyl (C=O) groups excluding carboxylic acids is 3. The van der Waals surface area contributed by atoms with Crippen LogP contribution >= 0.6 is 0 Å². The molecule has 3 aliphatic heterocycles. The number of benzene rings is 2. The van der Waals surface area contributed by atoms with Crippen LogP contribution in [0.15, 0.2) is 42.5 Å². The highest BCUT2D eigenvalue weighted by Crippen LogP contribution is 2.31. The number of imide groups is 1. The fraction of sp³-hybridized carbons (Fsp3) is 0.400. The van der Waals surface area contributed by atoms with Crippen LogP contribution < -0.4 is 16.0 Å². The first-order valence-corrected chi connectivity index (χ1v) is 11.4. The van der Waals surface area contributed by atoms with Gasteiger partial charge in [-0.3, -0.25) is 19.7 Å². The maximum Gasteiger partial charge on any atom is 0.255 e. The number of hydrogen-bond acceptors (Lipinski definition) is 5. The van der Waals surface area contributed by atoms with E-state index in [0.717, 1.165) is 29.9 Å². The van der Waals surface area contributed by atoms with Gasteiger partial charge in [-0.15, -0.1) is 0 Å². The minimum absolute atomic E-state index is 0.131. The summed E-state index contributed by atoms with van der Waals surface area (Å²) in [7, 11) is 0. The average Bonchev–Trinajstić information content (AvgIpc) is 3.15. The van der Waals surface area contributed by atoms with Gasteiger partial charge in [-0.1, -0.05) is 30.3 Å². The van der Waals surface area contributed by atoms with Crippen molar-refractivity contribution in [2.45, 2.75) is 50.7 Å². The zero-order chi connectivity index (χ0) is 22.1. The van der Waals surface area contributed by atoms with Crippen LogP contribution in [0.1, 0.15) is 58.6 Å². The molecule has 0 saturated carbocycles. The second kappa shape index (κ2) is 8.74. The lowest BCUT2D eigenvalue weighted by Gasteiger charge is -2.29. The molecule has 0 aromatic heterocycles. The Morgan fingerprint density at radius 1 is 0.969 bits per heavy atom. The Morgan fingerprint density at radius 3 is 2.50 bits per heavy atom. The molecule has 166 valence electrons. The molecule has 3 amide bonds. The summed E-state index contributed by atoms with van der Waals surface area (Å²) in [5, 5.41) is 9.20. The summed E-state index contributed by atoms with van der Waals surface area (Å²) in [6.45, 7) is 3.09. The zero-order valence-electron chi connectivity index (χ0n) is 18.0. The summed E-state index contributed by atoms with van der Waals surface area (Å²) in [6, 6.07) is 13.9. The van der Waals surface area contributed by atoms with Crippen molar-refractivity contribution in [3.8, 4) is 0 Å². The van der Waals surface area contributed by atoms with E-state index in [-0.39, 0.29) is 24.1 Å². The van der Waals surface area contributed by atoms with Gasteiger partial charge >= 0.3 is 0 Å². The molecule has 3 N–H and O–H groups in total. The van der Waals surface area contributed by atoms with Gasteiger partial charge in [0.2, 0.25) is 11.8 Å². The van der Waals surface area contributed by atoms with E-state index in [1.807, 2.05) is 18.2 Å². The Labute approximate surface area is 187 Å². The molecule has 7 nitrogen and oxygen atoms in total. The molecule has 5 rings (SSSR count). The predicted molar refractivity (Wildman–Crippen MR) is 121 cm³/mol. The number of carbonyl (C=O) groups is 3. The predicted octanol–water partition coefficient (Wildman–Crippen LogP) is 2.53. The molecular weight excluding hydrogens is 404 g/mol. The summed E-state index contributed by atoms with van der Waals surface area (Å²) in [5.74, 6) is -0.158. The van der Waals surface area contributed by atoms with Crippen molar-refractivity contribution >= 4 is 23.4 Å². The topological polar surface area (TPSA) is 90.5 Å². The maximum atomic E-state index is 13.2. The Kier molecular flexibility index (Phi) is 5.66. The van der Waals surface area contributed by atoms with Crippen LogP contribution in [0.3, 0.4) is 0 Å². The van der Waals surface area contributed by atoms with Gasteiger partial charge in [0.25, 0.3) is 5.91 Å². The van der Waals surface area contributed by atoms with Crippen molar-refractivity contribution in [3.05, 3.63) is 64.7 Å². The second-order valence-corrected chi connectivity index (χ2v) is 8.85. The molecule has 0 aliphatic carbocycles. The van der Waals surface area contributed by atoms with Gasteiger partial charge in [0.1, 0.15) is 6.04 Å². The number of fused-ring (bicyclic) bond motifs is 1. The summed E-state index contributed by atoms with van der Waals surface area (Å²) in [6.07, 6.45) is 2.99. The van der Waals surface area contributed by atoms with E-state index in [9.17, 15) is 14.4 Å². The van der Waals surface area contributed by atoms with E-state index >= 15 is 0 Å². The normalized spacial score (nSPS) is 21.4. The smallest absolute Gasteiger partial charge is 0.255 e. The Morgan fingerprint density at radius 2 is 1.75 bits per heavy atom. The SMILES string of the molecule is O=C1CCC(N2Cc3cccc(CNc4ccc(C5CCNCC5)cc4)c3C2=O)C(=O)N1. The highest BCUT2D eigenvalue weighted by molar-refractivity contribution is 6.06. The highest BCUT2D eigenvalue weighted by Gasteiger charge is 2.39. The Balaban J connectivity index is 1.27. The number of anilines is 1. The van der Waals surface area contributed by atoms with Gasteiger partial charge in [-0.2, -0.15) is 0 Å². The molecular formula is C25H28N4O3. The second-order valence-electron chi connectivity index (χ2n) is 8.85. The van der Waals surface area contributed by atoms with E-state index in [2.05, 4.69) is 40.2 Å².